The summed E-state index contributed by atoms with van der Waals surface area (Å²) in [7, 11) is -3.49. The van der Waals surface area contributed by atoms with Crippen molar-refractivity contribution in [3.8, 4) is 0 Å². The van der Waals surface area contributed by atoms with E-state index in [9.17, 15) is 13.2 Å². The summed E-state index contributed by atoms with van der Waals surface area (Å²) in [6, 6.07) is 0. The Morgan fingerprint density at radius 3 is 2.35 bits per heavy atom. The van der Waals surface area contributed by atoms with Gasteiger partial charge in [0.05, 0.1) is 18.5 Å². The standard InChI is InChI=1S/C10H20N2O4S/c1-8(7-11)17(14,15)9(2)10(13)12-3-5-16-6-4-12/h8-9H,3-7,11H2,1-2H3. The Labute approximate surface area is 102 Å². The van der Waals surface area contributed by atoms with Crippen LogP contribution in [0.4, 0.5) is 0 Å². The summed E-state index contributed by atoms with van der Waals surface area (Å²) in [4.78, 5) is 13.6. The van der Waals surface area contributed by atoms with E-state index in [1.54, 1.807) is 0 Å². The van der Waals surface area contributed by atoms with Crippen LogP contribution >= 0.6 is 0 Å². The van der Waals surface area contributed by atoms with Crippen molar-refractivity contribution in [2.24, 2.45) is 5.73 Å². The SMILES string of the molecule is CC(CN)S(=O)(=O)C(C)C(=O)N1CCOCC1. The van der Waals surface area contributed by atoms with E-state index in [0.29, 0.717) is 26.3 Å². The van der Waals surface area contributed by atoms with Gasteiger partial charge in [-0.05, 0) is 13.8 Å². The maximum atomic E-state index is 12.0. The smallest absolute Gasteiger partial charge is 0.240 e. The monoisotopic (exact) mass is 264 g/mol. The van der Waals surface area contributed by atoms with Gasteiger partial charge in [-0.3, -0.25) is 4.79 Å². The number of amides is 1. The normalized spacial score (nSPS) is 21.0. The van der Waals surface area contributed by atoms with E-state index in [1.165, 1.54) is 18.7 Å². The number of hydrogen-bond acceptors (Lipinski definition) is 5. The Morgan fingerprint density at radius 1 is 1.35 bits per heavy atom. The first-order valence-electron chi connectivity index (χ1n) is 5.70. The van der Waals surface area contributed by atoms with Crippen molar-refractivity contribution < 1.29 is 17.9 Å². The molecule has 2 atom stereocenters. The topological polar surface area (TPSA) is 89.7 Å². The minimum Gasteiger partial charge on any atom is -0.378 e. The van der Waals surface area contributed by atoms with Crippen molar-refractivity contribution in [2.75, 3.05) is 32.8 Å². The molecule has 6 nitrogen and oxygen atoms in total. The number of carbonyl (C=O) groups is 1. The van der Waals surface area contributed by atoms with Crippen LogP contribution in [0.2, 0.25) is 0 Å². The summed E-state index contributed by atoms with van der Waals surface area (Å²) >= 11 is 0. The molecule has 7 heteroatoms. The number of nitrogens with zero attached hydrogens (tertiary/aromatic N) is 1. The zero-order valence-corrected chi connectivity index (χ0v) is 11.1. The zero-order chi connectivity index (χ0) is 13.1. The Morgan fingerprint density at radius 2 is 1.88 bits per heavy atom. The molecule has 0 spiro atoms. The average molecular weight is 264 g/mol. The number of ether oxygens (including phenoxy) is 1. The van der Waals surface area contributed by atoms with E-state index in [1.807, 2.05) is 0 Å². The Bertz CT molecular complexity index is 363. The van der Waals surface area contributed by atoms with Crippen LogP contribution in [0.5, 0.6) is 0 Å². The molecule has 1 saturated heterocycles. The maximum Gasteiger partial charge on any atom is 0.240 e. The molecule has 100 valence electrons. The molecular formula is C10H20N2O4S. The van der Waals surface area contributed by atoms with Gasteiger partial charge < -0.3 is 15.4 Å². The van der Waals surface area contributed by atoms with Crippen molar-refractivity contribution >= 4 is 15.7 Å². The van der Waals surface area contributed by atoms with Crippen LogP contribution in [0.3, 0.4) is 0 Å². The molecule has 0 radical (unpaired) electrons. The first-order chi connectivity index (χ1) is 7.91. The number of morpholine rings is 1. The fourth-order valence-corrected chi connectivity index (χ4v) is 3.06. The number of carbonyl (C=O) groups excluding carboxylic acids is 1. The summed E-state index contributed by atoms with van der Waals surface area (Å²) in [6.07, 6.45) is 0. The maximum absolute atomic E-state index is 12.0. The lowest BCUT2D eigenvalue weighted by Gasteiger charge is -2.29. The second-order valence-electron chi connectivity index (χ2n) is 4.22. The van der Waals surface area contributed by atoms with E-state index in [0.717, 1.165) is 0 Å². The van der Waals surface area contributed by atoms with Crippen LogP contribution in [0, 0.1) is 0 Å². The molecule has 1 amide bonds. The van der Waals surface area contributed by atoms with Crippen molar-refractivity contribution in [3.63, 3.8) is 0 Å². The summed E-state index contributed by atoms with van der Waals surface area (Å²) < 4.78 is 29.1. The van der Waals surface area contributed by atoms with Crippen LogP contribution in [0.25, 0.3) is 0 Å². The summed E-state index contributed by atoms with van der Waals surface area (Å²) in [5, 5.41) is -1.72. The van der Waals surface area contributed by atoms with Gasteiger partial charge in [-0.1, -0.05) is 0 Å². The highest BCUT2D eigenvalue weighted by atomic mass is 32.2. The van der Waals surface area contributed by atoms with Crippen LogP contribution < -0.4 is 5.73 Å². The lowest BCUT2D eigenvalue weighted by atomic mass is 10.3. The van der Waals surface area contributed by atoms with Crippen molar-refractivity contribution in [3.05, 3.63) is 0 Å². The van der Waals surface area contributed by atoms with E-state index in [4.69, 9.17) is 10.5 Å². The highest BCUT2D eigenvalue weighted by Crippen LogP contribution is 2.12. The van der Waals surface area contributed by atoms with Gasteiger partial charge in [0.15, 0.2) is 9.84 Å². The molecule has 2 unspecified atom stereocenters. The summed E-state index contributed by atoms with van der Waals surface area (Å²) in [5.74, 6) is -0.353. The quantitative estimate of drug-likeness (QED) is 0.703. The molecule has 0 aromatic rings. The van der Waals surface area contributed by atoms with Gasteiger partial charge in [0.1, 0.15) is 5.25 Å². The number of nitrogens with two attached hydrogens (primary N) is 1. The molecule has 0 aromatic carbocycles. The lowest BCUT2D eigenvalue weighted by Crippen LogP contribution is -2.49. The summed E-state index contributed by atoms with van der Waals surface area (Å²) in [5.41, 5.74) is 5.35. The highest BCUT2D eigenvalue weighted by Gasteiger charge is 2.35. The van der Waals surface area contributed by atoms with Gasteiger partial charge in [0.2, 0.25) is 5.91 Å². The number of sulfone groups is 1. The molecule has 1 rings (SSSR count). The Hall–Kier alpha value is -0.660. The highest BCUT2D eigenvalue weighted by molar-refractivity contribution is 7.93. The third-order valence-electron chi connectivity index (χ3n) is 3.06. The molecule has 1 aliphatic rings. The molecule has 0 aliphatic carbocycles. The predicted octanol–water partition coefficient (Wildman–Crippen LogP) is -1.00. The first-order valence-corrected chi connectivity index (χ1v) is 7.31. The van der Waals surface area contributed by atoms with Gasteiger partial charge in [-0.25, -0.2) is 8.42 Å². The third-order valence-corrected chi connectivity index (χ3v) is 5.56. The molecule has 17 heavy (non-hydrogen) atoms. The van der Waals surface area contributed by atoms with Crippen LogP contribution in [0.1, 0.15) is 13.8 Å². The van der Waals surface area contributed by atoms with Crippen LogP contribution in [-0.2, 0) is 19.4 Å². The second kappa shape index (κ2) is 5.79. The van der Waals surface area contributed by atoms with E-state index >= 15 is 0 Å². The molecule has 1 fully saturated rings. The van der Waals surface area contributed by atoms with Crippen molar-refractivity contribution in [1.82, 2.24) is 4.90 Å². The molecule has 0 saturated carbocycles. The lowest BCUT2D eigenvalue weighted by molar-refractivity contribution is -0.134. The van der Waals surface area contributed by atoms with E-state index in [-0.39, 0.29) is 12.5 Å². The van der Waals surface area contributed by atoms with Gasteiger partial charge >= 0.3 is 0 Å². The fourth-order valence-electron chi connectivity index (χ4n) is 1.66. The van der Waals surface area contributed by atoms with E-state index in [2.05, 4.69) is 0 Å². The average Bonchev–Trinajstić information content (AvgIpc) is 2.36. The van der Waals surface area contributed by atoms with Crippen molar-refractivity contribution in [1.29, 1.82) is 0 Å². The van der Waals surface area contributed by atoms with Crippen LogP contribution in [0.15, 0.2) is 0 Å². The van der Waals surface area contributed by atoms with Crippen molar-refractivity contribution in [2.45, 2.75) is 24.3 Å². The molecule has 0 bridgehead atoms. The summed E-state index contributed by atoms with van der Waals surface area (Å²) in [6.45, 7) is 4.82. The third kappa shape index (κ3) is 3.17. The van der Waals surface area contributed by atoms with E-state index < -0.39 is 20.3 Å². The van der Waals surface area contributed by atoms with Gasteiger partial charge in [-0.2, -0.15) is 0 Å². The van der Waals surface area contributed by atoms with Gasteiger partial charge in [0.25, 0.3) is 0 Å². The first kappa shape index (κ1) is 14.4. The Balaban J connectivity index is 2.74. The van der Waals surface area contributed by atoms with Crippen LogP contribution in [-0.4, -0.2) is 62.6 Å². The number of rotatable bonds is 4. The molecule has 0 aromatic heterocycles. The zero-order valence-electron chi connectivity index (χ0n) is 10.3. The molecule has 2 N–H and O–H groups in total. The minimum absolute atomic E-state index is 0.0308. The van der Waals surface area contributed by atoms with Gasteiger partial charge in [-0.15, -0.1) is 0 Å². The number of hydrogen-bond donors (Lipinski definition) is 1. The molecule has 1 aliphatic heterocycles. The fraction of sp³-hybridized carbons (Fsp3) is 0.900. The molecule has 1 heterocycles. The largest absolute Gasteiger partial charge is 0.378 e. The second-order valence-corrected chi connectivity index (χ2v) is 6.91. The minimum atomic E-state index is -3.49. The predicted molar refractivity (Wildman–Crippen MR) is 64.3 cm³/mol. The molecular weight excluding hydrogens is 244 g/mol. The Kier molecular flexibility index (Phi) is 4.91. The van der Waals surface area contributed by atoms with Gasteiger partial charge in [0, 0.05) is 19.6 Å².